The molecular formula is C26H40O2. The summed E-state index contributed by atoms with van der Waals surface area (Å²) < 4.78 is 0. The zero-order valence-corrected chi connectivity index (χ0v) is 17.8. The van der Waals surface area contributed by atoms with Crippen molar-refractivity contribution in [3.63, 3.8) is 0 Å². The van der Waals surface area contributed by atoms with Gasteiger partial charge in [0.1, 0.15) is 0 Å². The summed E-state index contributed by atoms with van der Waals surface area (Å²) in [6.07, 6.45) is 38.7. The Morgan fingerprint density at radius 2 is 0.964 bits per heavy atom. The van der Waals surface area contributed by atoms with Gasteiger partial charge in [-0.25, -0.2) is 4.79 Å². The Morgan fingerprint density at radius 1 is 0.571 bits per heavy atom. The van der Waals surface area contributed by atoms with Crippen molar-refractivity contribution in [1.29, 1.82) is 0 Å². The largest absolute Gasteiger partial charge is 0.478 e. The fraction of sp³-hybridized carbons (Fsp3) is 0.500. The van der Waals surface area contributed by atoms with Gasteiger partial charge in [0, 0.05) is 6.08 Å². The fourth-order valence-electron chi connectivity index (χ4n) is 2.75. The standard InChI is InChI=1S/C26H40O2/c1-2-3-4-5-6-7-8-9-10-11-12-13-14-15-16-17-18-19-20-21-22-23-24-25-26(27)28/h14-25H,2-13H2,1H3,(H,27,28). The lowest BCUT2D eigenvalue weighted by atomic mass is 10.1. The highest BCUT2D eigenvalue weighted by Gasteiger charge is 1.92. The molecule has 0 spiro atoms. The lowest BCUT2D eigenvalue weighted by Gasteiger charge is -2.01. The quantitative estimate of drug-likeness (QED) is 0.147. The van der Waals surface area contributed by atoms with Crippen LogP contribution in [0.2, 0.25) is 0 Å². The molecule has 0 bridgehead atoms. The van der Waals surface area contributed by atoms with Gasteiger partial charge in [-0.1, -0.05) is 138 Å². The van der Waals surface area contributed by atoms with Gasteiger partial charge in [-0.2, -0.15) is 0 Å². The molecule has 0 saturated carbocycles. The summed E-state index contributed by atoms with van der Waals surface area (Å²) in [5, 5.41) is 8.42. The number of carbonyl (C=O) groups is 1. The number of carboxylic acids is 1. The van der Waals surface area contributed by atoms with E-state index in [0.717, 1.165) is 6.08 Å². The first-order valence-corrected chi connectivity index (χ1v) is 11.0. The van der Waals surface area contributed by atoms with Crippen LogP contribution in [0.25, 0.3) is 0 Å². The van der Waals surface area contributed by atoms with E-state index in [-0.39, 0.29) is 0 Å². The SMILES string of the molecule is CCCCCCCCCCCCCC=CC=CC=CC=CC=CC=CC(=O)O. The molecular weight excluding hydrogens is 344 g/mol. The van der Waals surface area contributed by atoms with E-state index < -0.39 is 5.97 Å². The maximum atomic E-state index is 10.3. The minimum absolute atomic E-state index is 0.935. The molecule has 0 amide bonds. The van der Waals surface area contributed by atoms with Crippen LogP contribution in [0.5, 0.6) is 0 Å². The van der Waals surface area contributed by atoms with Crippen LogP contribution in [0.3, 0.4) is 0 Å². The Morgan fingerprint density at radius 3 is 1.43 bits per heavy atom. The van der Waals surface area contributed by atoms with E-state index in [1.54, 1.807) is 12.2 Å². The van der Waals surface area contributed by atoms with Gasteiger partial charge in [-0.3, -0.25) is 0 Å². The first-order chi connectivity index (χ1) is 13.8. The number of hydrogen-bond acceptors (Lipinski definition) is 1. The van der Waals surface area contributed by atoms with Crippen molar-refractivity contribution in [3.05, 3.63) is 72.9 Å². The average molecular weight is 385 g/mol. The number of unbranched alkanes of at least 4 members (excludes halogenated alkanes) is 11. The summed E-state index contributed by atoms with van der Waals surface area (Å²) in [4.78, 5) is 10.3. The Balaban J connectivity index is 3.46. The minimum Gasteiger partial charge on any atom is -0.478 e. The predicted octanol–water partition coefficient (Wildman–Crippen LogP) is 8.11. The Kier molecular flexibility index (Phi) is 21.2. The summed E-state index contributed by atoms with van der Waals surface area (Å²) in [5.74, 6) is -0.935. The molecule has 0 aromatic heterocycles. The van der Waals surface area contributed by atoms with E-state index in [2.05, 4.69) is 19.1 Å². The predicted molar refractivity (Wildman–Crippen MR) is 124 cm³/mol. The van der Waals surface area contributed by atoms with Gasteiger partial charge in [0.2, 0.25) is 0 Å². The van der Waals surface area contributed by atoms with Crippen molar-refractivity contribution < 1.29 is 9.90 Å². The topological polar surface area (TPSA) is 37.3 Å². The van der Waals surface area contributed by atoms with Gasteiger partial charge in [0.05, 0.1) is 0 Å². The van der Waals surface area contributed by atoms with Crippen LogP contribution in [-0.4, -0.2) is 11.1 Å². The molecule has 2 heteroatoms. The first kappa shape index (κ1) is 25.9. The maximum Gasteiger partial charge on any atom is 0.328 e. The number of aliphatic carboxylic acids is 1. The van der Waals surface area contributed by atoms with Crippen molar-refractivity contribution >= 4 is 5.97 Å². The van der Waals surface area contributed by atoms with Crippen LogP contribution in [0, 0.1) is 0 Å². The van der Waals surface area contributed by atoms with E-state index in [0.29, 0.717) is 0 Å². The van der Waals surface area contributed by atoms with E-state index in [9.17, 15) is 4.79 Å². The highest BCUT2D eigenvalue weighted by atomic mass is 16.4. The molecule has 0 fully saturated rings. The van der Waals surface area contributed by atoms with Crippen molar-refractivity contribution in [2.75, 3.05) is 0 Å². The molecule has 28 heavy (non-hydrogen) atoms. The molecule has 0 rings (SSSR count). The van der Waals surface area contributed by atoms with Gasteiger partial charge in [-0.15, -0.1) is 0 Å². The van der Waals surface area contributed by atoms with Crippen LogP contribution < -0.4 is 0 Å². The third-order valence-electron chi connectivity index (χ3n) is 4.35. The molecule has 0 aromatic carbocycles. The molecule has 0 aromatic rings. The van der Waals surface area contributed by atoms with E-state index >= 15 is 0 Å². The Hall–Kier alpha value is -2.09. The smallest absolute Gasteiger partial charge is 0.328 e. The molecule has 0 heterocycles. The monoisotopic (exact) mass is 384 g/mol. The van der Waals surface area contributed by atoms with E-state index in [4.69, 9.17) is 5.11 Å². The molecule has 0 atom stereocenters. The lowest BCUT2D eigenvalue weighted by Crippen LogP contribution is -1.84. The zero-order valence-electron chi connectivity index (χ0n) is 17.8. The highest BCUT2D eigenvalue weighted by Crippen LogP contribution is 2.11. The number of rotatable bonds is 18. The van der Waals surface area contributed by atoms with Gasteiger partial charge in [0.15, 0.2) is 0 Å². The summed E-state index contributed by atoms with van der Waals surface area (Å²) in [5.41, 5.74) is 0. The summed E-state index contributed by atoms with van der Waals surface area (Å²) in [6, 6.07) is 0. The summed E-state index contributed by atoms with van der Waals surface area (Å²) in [7, 11) is 0. The molecule has 0 radical (unpaired) electrons. The summed E-state index contributed by atoms with van der Waals surface area (Å²) >= 11 is 0. The highest BCUT2D eigenvalue weighted by molar-refractivity contribution is 5.80. The molecule has 1 N–H and O–H groups in total. The van der Waals surface area contributed by atoms with Crippen LogP contribution in [0.1, 0.15) is 84.0 Å². The Bertz CT molecular complexity index is 519. The molecule has 2 nitrogen and oxygen atoms in total. The van der Waals surface area contributed by atoms with Crippen molar-refractivity contribution in [3.8, 4) is 0 Å². The normalized spacial score (nSPS) is 12.9. The van der Waals surface area contributed by atoms with Crippen LogP contribution >= 0.6 is 0 Å². The Labute approximate surface area is 173 Å². The minimum atomic E-state index is -0.935. The molecule has 0 aliphatic carbocycles. The van der Waals surface area contributed by atoms with Gasteiger partial charge < -0.3 is 5.11 Å². The molecule has 156 valence electrons. The van der Waals surface area contributed by atoms with Crippen molar-refractivity contribution in [2.45, 2.75) is 84.0 Å². The molecule has 0 saturated heterocycles. The molecule has 0 unspecified atom stereocenters. The molecule has 0 aliphatic heterocycles. The van der Waals surface area contributed by atoms with Gasteiger partial charge >= 0.3 is 5.97 Å². The zero-order chi connectivity index (χ0) is 20.5. The van der Waals surface area contributed by atoms with E-state index in [1.165, 1.54) is 83.1 Å². The third-order valence-corrected chi connectivity index (χ3v) is 4.35. The lowest BCUT2D eigenvalue weighted by molar-refractivity contribution is -0.131. The van der Waals surface area contributed by atoms with Crippen molar-refractivity contribution in [2.24, 2.45) is 0 Å². The third kappa shape index (κ3) is 23.9. The van der Waals surface area contributed by atoms with Crippen LogP contribution in [0.4, 0.5) is 0 Å². The number of carboxylic acid groups (broad SMARTS) is 1. The van der Waals surface area contributed by atoms with Crippen LogP contribution in [-0.2, 0) is 4.79 Å². The van der Waals surface area contributed by atoms with Gasteiger partial charge in [-0.05, 0) is 12.8 Å². The number of hydrogen-bond donors (Lipinski definition) is 1. The first-order valence-electron chi connectivity index (χ1n) is 11.0. The number of allylic oxidation sites excluding steroid dienone is 11. The van der Waals surface area contributed by atoms with Crippen molar-refractivity contribution in [1.82, 2.24) is 0 Å². The maximum absolute atomic E-state index is 10.3. The van der Waals surface area contributed by atoms with Crippen LogP contribution in [0.15, 0.2) is 72.9 Å². The second-order valence-corrected chi connectivity index (χ2v) is 6.99. The second-order valence-electron chi connectivity index (χ2n) is 6.99. The molecule has 0 aliphatic rings. The summed E-state index contributed by atoms with van der Waals surface area (Å²) in [6.45, 7) is 2.27. The second kappa shape index (κ2) is 23.0. The van der Waals surface area contributed by atoms with E-state index in [1.807, 2.05) is 36.5 Å². The fourth-order valence-corrected chi connectivity index (χ4v) is 2.75. The average Bonchev–Trinajstić information content (AvgIpc) is 2.68. The van der Waals surface area contributed by atoms with Gasteiger partial charge in [0.25, 0.3) is 0 Å².